The van der Waals surface area contributed by atoms with Crippen molar-refractivity contribution in [1.29, 1.82) is 0 Å². The molecule has 2 heterocycles. The van der Waals surface area contributed by atoms with Crippen molar-refractivity contribution in [3.8, 4) is 0 Å². The molecule has 1 aliphatic rings. The van der Waals surface area contributed by atoms with E-state index in [2.05, 4.69) is 52.5 Å². The molecule has 1 aliphatic heterocycles. The van der Waals surface area contributed by atoms with Crippen molar-refractivity contribution in [2.75, 3.05) is 24.5 Å². The van der Waals surface area contributed by atoms with Crippen molar-refractivity contribution in [3.63, 3.8) is 0 Å². The second-order valence-corrected chi connectivity index (χ2v) is 5.56. The van der Waals surface area contributed by atoms with Crippen molar-refractivity contribution < 1.29 is 0 Å². The first-order chi connectivity index (χ1) is 9.88. The minimum atomic E-state index is 0.694. The fourth-order valence-electron chi connectivity index (χ4n) is 3.03. The largest absolute Gasteiger partial charge is 0.371 e. The summed E-state index contributed by atoms with van der Waals surface area (Å²) in [5, 5.41) is 4.91. The van der Waals surface area contributed by atoms with Gasteiger partial charge < -0.3 is 10.2 Å². The zero-order chi connectivity index (χ0) is 13.8. The Kier molecular flexibility index (Phi) is 4.16. The number of hydrogen-bond donors (Lipinski definition) is 1. The number of piperidine rings is 1. The number of pyridine rings is 1. The SMILES string of the molecule is CCCNC1CCN(c2ccnc3ccccc23)CC1. The molecule has 106 valence electrons. The Labute approximate surface area is 121 Å². The van der Waals surface area contributed by atoms with Gasteiger partial charge in [0.05, 0.1) is 5.52 Å². The zero-order valence-electron chi connectivity index (χ0n) is 12.2. The minimum absolute atomic E-state index is 0.694. The molecule has 0 saturated carbocycles. The van der Waals surface area contributed by atoms with Crippen LogP contribution in [0.2, 0.25) is 0 Å². The number of nitrogens with zero attached hydrogens (tertiary/aromatic N) is 2. The molecular formula is C17H23N3. The maximum absolute atomic E-state index is 4.45. The maximum Gasteiger partial charge on any atom is 0.0722 e. The third-order valence-electron chi connectivity index (χ3n) is 4.14. The molecule has 2 aromatic rings. The topological polar surface area (TPSA) is 28.2 Å². The summed E-state index contributed by atoms with van der Waals surface area (Å²) in [6, 6.07) is 11.3. The standard InChI is InChI=1S/C17H23N3/c1-2-10-18-14-8-12-20(13-9-14)17-7-11-19-16-6-4-3-5-15(16)17/h3-7,11,14,18H,2,8-10,12-13H2,1H3. The first-order valence-corrected chi connectivity index (χ1v) is 7.70. The molecule has 1 aromatic carbocycles. The molecule has 0 radical (unpaired) electrons. The minimum Gasteiger partial charge on any atom is -0.371 e. The Morgan fingerprint density at radius 3 is 2.80 bits per heavy atom. The van der Waals surface area contributed by atoms with E-state index < -0.39 is 0 Å². The number of aromatic nitrogens is 1. The van der Waals surface area contributed by atoms with Crippen LogP contribution in [0, 0.1) is 0 Å². The van der Waals surface area contributed by atoms with E-state index in [4.69, 9.17) is 0 Å². The molecular weight excluding hydrogens is 246 g/mol. The second kappa shape index (κ2) is 6.23. The van der Waals surface area contributed by atoms with Gasteiger partial charge in [-0.2, -0.15) is 0 Å². The van der Waals surface area contributed by atoms with Crippen LogP contribution in [-0.4, -0.2) is 30.7 Å². The van der Waals surface area contributed by atoms with E-state index in [1.807, 2.05) is 6.20 Å². The van der Waals surface area contributed by atoms with Crippen LogP contribution in [-0.2, 0) is 0 Å². The van der Waals surface area contributed by atoms with Crippen molar-refractivity contribution >= 4 is 16.6 Å². The van der Waals surface area contributed by atoms with Crippen molar-refractivity contribution in [3.05, 3.63) is 36.5 Å². The van der Waals surface area contributed by atoms with Gasteiger partial charge in [-0.15, -0.1) is 0 Å². The van der Waals surface area contributed by atoms with Gasteiger partial charge >= 0.3 is 0 Å². The summed E-state index contributed by atoms with van der Waals surface area (Å²) in [7, 11) is 0. The van der Waals surface area contributed by atoms with E-state index in [0.717, 1.165) is 25.2 Å². The van der Waals surface area contributed by atoms with Gasteiger partial charge in [0.1, 0.15) is 0 Å². The molecule has 0 atom stereocenters. The third-order valence-corrected chi connectivity index (χ3v) is 4.14. The highest BCUT2D eigenvalue weighted by molar-refractivity contribution is 5.91. The molecule has 20 heavy (non-hydrogen) atoms. The Hall–Kier alpha value is -1.61. The lowest BCUT2D eigenvalue weighted by Crippen LogP contribution is -2.42. The number of benzene rings is 1. The molecule has 0 aliphatic carbocycles. The fraction of sp³-hybridized carbons (Fsp3) is 0.471. The molecule has 3 heteroatoms. The Bertz CT molecular complexity index is 554. The van der Waals surface area contributed by atoms with Crippen molar-refractivity contribution in [1.82, 2.24) is 10.3 Å². The van der Waals surface area contributed by atoms with Crippen LogP contribution < -0.4 is 10.2 Å². The number of anilines is 1. The molecule has 3 nitrogen and oxygen atoms in total. The quantitative estimate of drug-likeness (QED) is 0.924. The van der Waals surface area contributed by atoms with Crippen LogP contribution in [0.4, 0.5) is 5.69 Å². The van der Waals surface area contributed by atoms with Gasteiger partial charge in [0, 0.05) is 36.4 Å². The molecule has 0 bridgehead atoms. The van der Waals surface area contributed by atoms with Gasteiger partial charge in [-0.1, -0.05) is 25.1 Å². The molecule has 0 spiro atoms. The fourth-order valence-corrected chi connectivity index (χ4v) is 3.03. The molecule has 3 rings (SSSR count). The van der Waals surface area contributed by atoms with Gasteiger partial charge in [-0.25, -0.2) is 0 Å². The first-order valence-electron chi connectivity index (χ1n) is 7.70. The van der Waals surface area contributed by atoms with E-state index in [0.29, 0.717) is 6.04 Å². The molecule has 0 unspecified atom stereocenters. The van der Waals surface area contributed by atoms with Crippen LogP contribution in [0.15, 0.2) is 36.5 Å². The highest BCUT2D eigenvalue weighted by Gasteiger charge is 2.19. The van der Waals surface area contributed by atoms with Gasteiger partial charge in [0.2, 0.25) is 0 Å². The highest BCUT2D eigenvalue weighted by Crippen LogP contribution is 2.27. The van der Waals surface area contributed by atoms with E-state index in [1.165, 1.54) is 30.3 Å². The number of rotatable bonds is 4. The highest BCUT2D eigenvalue weighted by atomic mass is 15.1. The van der Waals surface area contributed by atoms with E-state index in [-0.39, 0.29) is 0 Å². The maximum atomic E-state index is 4.45. The molecule has 1 aromatic heterocycles. The normalized spacial score (nSPS) is 16.8. The van der Waals surface area contributed by atoms with Gasteiger partial charge in [0.15, 0.2) is 0 Å². The third kappa shape index (κ3) is 2.78. The first kappa shape index (κ1) is 13.4. The van der Waals surface area contributed by atoms with Gasteiger partial charge in [-0.05, 0) is 37.9 Å². The zero-order valence-corrected chi connectivity index (χ0v) is 12.2. The van der Waals surface area contributed by atoms with E-state index in [9.17, 15) is 0 Å². The smallest absolute Gasteiger partial charge is 0.0722 e. The predicted octanol–water partition coefficient (Wildman–Crippen LogP) is 3.20. The summed E-state index contributed by atoms with van der Waals surface area (Å²) < 4.78 is 0. The number of fused-ring (bicyclic) bond motifs is 1. The Morgan fingerprint density at radius 2 is 2.00 bits per heavy atom. The Balaban J connectivity index is 1.74. The lowest BCUT2D eigenvalue weighted by molar-refractivity contribution is 0.416. The monoisotopic (exact) mass is 269 g/mol. The molecule has 0 amide bonds. The lowest BCUT2D eigenvalue weighted by Gasteiger charge is -2.34. The van der Waals surface area contributed by atoms with Crippen molar-refractivity contribution in [2.24, 2.45) is 0 Å². The summed E-state index contributed by atoms with van der Waals surface area (Å²) >= 11 is 0. The predicted molar refractivity (Wildman–Crippen MR) is 85.3 cm³/mol. The van der Waals surface area contributed by atoms with Crippen LogP contribution in [0.1, 0.15) is 26.2 Å². The van der Waals surface area contributed by atoms with Crippen LogP contribution >= 0.6 is 0 Å². The van der Waals surface area contributed by atoms with Crippen LogP contribution in [0.3, 0.4) is 0 Å². The second-order valence-electron chi connectivity index (χ2n) is 5.56. The average Bonchev–Trinajstić information content (AvgIpc) is 2.53. The summed E-state index contributed by atoms with van der Waals surface area (Å²) in [5.74, 6) is 0. The van der Waals surface area contributed by atoms with E-state index >= 15 is 0 Å². The number of nitrogens with one attached hydrogen (secondary N) is 1. The van der Waals surface area contributed by atoms with Crippen LogP contribution in [0.5, 0.6) is 0 Å². The van der Waals surface area contributed by atoms with Gasteiger partial charge in [-0.3, -0.25) is 4.98 Å². The van der Waals surface area contributed by atoms with E-state index in [1.54, 1.807) is 0 Å². The number of para-hydroxylation sites is 1. The van der Waals surface area contributed by atoms with Crippen LogP contribution in [0.25, 0.3) is 10.9 Å². The molecule has 1 saturated heterocycles. The molecule has 1 N–H and O–H groups in total. The molecule has 1 fully saturated rings. The summed E-state index contributed by atoms with van der Waals surface area (Å²) in [5.41, 5.74) is 2.43. The Morgan fingerprint density at radius 1 is 1.20 bits per heavy atom. The summed E-state index contributed by atoms with van der Waals surface area (Å²) in [6.45, 7) is 5.64. The van der Waals surface area contributed by atoms with Crippen molar-refractivity contribution in [2.45, 2.75) is 32.2 Å². The summed E-state index contributed by atoms with van der Waals surface area (Å²) in [4.78, 5) is 6.96. The number of hydrogen-bond acceptors (Lipinski definition) is 3. The van der Waals surface area contributed by atoms with Gasteiger partial charge in [0.25, 0.3) is 0 Å². The summed E-state index contributed by atoms with van der Waals surface area (Å²) in [6.07, 6.45) is 5.61. The average molecular weight is 269 g/mol. The lowest BCUT2D eigenvalue weighted by atomic mass is 10.0.